The van der Waals surface area contributed by atoms with Gasteiger partial charge < -0.3 is 10.1 Å². The van der Waals surface area contributed by atoms with Crippen molar-refractivity contribution in [3.8, 4) is 11.1 Å². The molecule has 0 fully saturated rings. The lowest BCUT2D eigenvalue weighted by Crippen LogP contribution is -2.15. The normalized spacial score (nSPS) is 11.1. The fourth-order valence-corrected chi connectivity index (χ4v) is 6.96. The molecule has 0 saturated heterocycles. The van der Waals surface area contributed by atoms with Crippen LogP contribution in [0.2, 0.25) is 0 Å². The minimum Gasteiger partial charge on any atom is -0.462 e. The molecular formula is C31H26BrNO3S2. The molecule has 0 aliphatic heterocycles. The molecular weight excluding hydrogens is 578 g/mol. The molecule has 3 aromatic carbocycles. The molecule has 2 heterocycles. The maximum absolute atomic E-state index is 13.8. The van der Waals surface area contributed by atoms with E-state index in [0.29, 0.717) is 21.9 Å². The van der Waals surface area contributed by atoms with Crippen LogP contribution >= 0.6 is 38.6 Å². The Hall–Kier alpha value is -3.26. The SMILES string of the molecule is CCOC(=O)c1c(NC(=O)c2sc3ccccc3c2Cc2ccc(C)cc2)sc(C)c1-c1ccc(Br)cc1. The summed E-state index contributed by atoms with van der Waals surface area (Å²) in [6, 6.07) is 24.3. The van der Waals surface area contributed by atoms with Crippen LogP contribution in [0.3, 0.4) is 0 Å². The molecule has 1 amide bonds. The van der Waals surface area contributed by atoms with E-state index >= 15 is 0 Å². The molecule has 1 N–H and O–H groups in total. The number of carbonyl (C=O) groups excluding carboxylic acids is 2. The van der Waals surface area contributed by atoms with E-state index in [1.54, 1.807) is 6.92 Å². The van der Waals surface area contributed by atoms with Gasteiger partial charge in [0, 0.05) is 19.6 Å². The van der Waals surface area contributed by atoms with Crippen LogP contribution < -0.4 is 5.32 Å². The van der Waals surface area contributed by atoms with Gasteiger partial charge in [-0.25, -0.2) is 4.79 Å². The van der Waals surface area contributed by atoms with Crippen LogP contribution in [-0.2, 0) is 11.2 Å². The number of benzene rings is 3. The summed E-state index contributed by atoms with van der Waals surface area (Å²) in [5.41, 5.74) is 5.41. The monoisotopic (exact) mass is 603 g/mol. The fraction of sp³-hybridized carbons (Fsp3) is 0.161. The number of hydrogen-bond donors (Lipinski definition) is 1. The summed E-state index contributed by atoms with van der Waals surface area (Å²) in [6.45, 7) is 6.05. The lowest BCUT2D eigenvalue weighted by atomic mass is 10.0. The van der Waals surface area contributed by atoms with Gasteiger partial charge in [0.15, 0.2) is 0 Å². The molecule has 5 rings (SSSR count). The molecule has 0 atom stereocenters. The lowest BCUT2D eigenvalue weighted by Gasteiger charge is -2.10. The summed E-state index contributed by atoms with van der Waals surface area (Å²) in [5, 5.41) is 4.66. The van der Waals surface area contributed by atoms with Crippen LogP contribution in [0.5, 0.6) is 0 Å². The van der Waals surface area contributed by atoms with Crippen LogP contribution in [0.15, 0.2) is 77.3 Å². The average Bonchev–Trinajstić information content (AvgIpc) is 3.43. The smallest absolute Gasteiger partial charge is 0.341 e. The Bertz CT molecular complexity index is 1630. The molecule has 4 nitrogen and oxygen atoms in total. The number of rotatable bonds is 7. The molecule has 0 bridgehead atoms. The average molecular weight is 605 g/mol. The van der Waals surface area contributed by atoms with E-state index in [-0.39, 0.29) is 12.5 Å². The Labute approximate surface area is 238 Å². The third kappa shape index (κ3) is 5.32. The van der Waals surface area contributed by atoms with Crippen molar-refractivity contribution in [2.75, 3.05) is 11.9 Å². The number of hydrogen-bond acceptors (Lipinski definition) is 5. The number of esters is 1. The second kappa shape index (κ2) is 11.2. The minimum absolute atomic E-state index is 0.220. The Morgan fingerprint density at radius 3 is 2.34 bits per heavy atom. The molecule has 0 aliphatic carbocycles. The molecule has 0 aliphatic rings. The van der Waals surface area contributed by atoms with Crippen LogP contribution in [-0.4, -0.2) is 18.5 Å². The van der Waals surface area contributed by atoms with Crippen molar-refractivity contribution in [3.05, 3.63) is 109 Å². The Kier molecular flexibility index (Phi) is 7.79. The zero-order chi connectivity index (χ0) is 26.8. The minimum atomic E-state index is -0.443. The van der Waals surface area contributed by atoms with E-state index < -0.39 is 5.97 Å². The third-order valence-electron chi connectivity index (χ3n) is 6.33. The van der Waals surface area contributed by atoms with Crippen LogP contribution in [0.4, 0.5) is 5.00 Å². The summed E-state index contributed by atoms with van der Waals surface area (Å²) in [6.07, 6.45) is 0.644. The van der Waals surface area contributed by atoms with E-state index in [1.807, 2.05) is 49.4 Å². The molecule has 0 radical (unpaired) electrons. The molecule has 5 aromatic rings. The van der Waals surface area contributed by atoms with Crippen molar-refractivity contribution in [2.24, 2.45) is 0 Å². The summed E-state index contributed by atoms with van der Waals surface area (Å²) < 4.78 is 7.43. The van der Waals surface area contributed by atoms with Crippen molar-refractivity contribution in [1.82, 2.24) is 0 Å². The quantitative estimate of drug-likeness (QED) is 0.189. The number of fused-ring (bicyclic) bond motifs is 1. The maximum Gasteiger partial charge on any atom is 0.341 e. The molecule has 38 heavy (non-hydrogen) atoms. The first-order chi connectivity index (χ1) is 18.4. The summed E-state index contributed by atoms with van der Waals surface area (Å²) in [4.78, 5) is 28.6. The first-order valence-electron chi connectivity index (χ1n) is 12.3. The highest BCUT2D eigenvalue weighted by Gasteiger charge is 2.27. The Morgan fingerprint density at radius 2 is 1.63 bits per heavy atom. The summed E-state index contributed by atoms with van der Waals surface area (Å²) >= 11 is 6.35. The highest BCUT2D eigenvalue weighted by molar-refractivity contribution is 9.10. The van der Waals surface area contributed by atoms with E-state index in [0.717, 1.165) is 41.7 Å². The lowest BCUT2D eigenvalue weighted by molar-refractivity contribution is 0.0529. The molecule has 0 unspecified atom stereocenters. The van der Waals surface area contributed by atoms with Gasteiger partial charge in [-0.15, -0.1) is 22.7 Å². The molecule has 192 valence electrons. The number of nitrogens with one attached hydrogen (secondary N) is 1. The van der Waals surface area contributed by atoms with Gasteiger partial charge in [-0.2, -0.15) is 0 Å². The molecule has 0 spiro atoms. The first-order valence-corrected chi connectivity index (χ1v) is 14.7. The molecule has 0 saturated carbocycles. The second-order valence-electron chi connectivity index (χ2n) is 8.99. The third-order valence-corrected chi connectivity index (χ3v) is 9.09. The van der Waals surface area contributed by atoms with Crippen LogP contribution in [0.25, 0.3) is 21.2 Å². The van der Waals surface area contributed by atoms with Gasteiger partial charge >= 0.3 is 5.97 Å². The predicted octanol–water partition coefficient (Wildman–Crippen LogP) is 9.03. The van der Waals surface area contributed by atoms with Crippen LogP contribution in [0, 0.1) is 13.8 Å². The number of thiophene rings is 2. The topological polar surface area (TPSA) is 55.4 Å². The van der Waals surface area contributed by atoms with Gasteiger partial charge in [-0.1, -0.05) is 76.1 Å². The summed E-state index contributed by atoms with van der Waals surface area (Å²) in [5.74, 6) is -0.663. The van der Waals surface area contributed by atoms with Crippen molar-refractivity contribution >= 4 is 65.6 Å². The maximum atomic E-state index is 13.8. The van der Waals surface area contributed by atoms with E-state index in [4.69, 9.17) is 4.74 Å². The Balaban J connectivity index is 1.56. The van der Waals surface area contributed by atoms with E-state index in [1.165, 1.54) is 28.2 Å². The van der Waals surface area contributed by atoms with Crippen molar-refractivity contribution in [2.45, 2.75) is 27.2 Å². The van der Waals surface area contributed by atoms with Crippen molar-refractivity contribution in [1.29, 1.82) is 0 Å². The van der Waals surface area contributed by atoms with E-state index in [2.05, 4.69) is 58.5 Å². The molecule has 2 aromatic heterocycles. The number of carbonyl (C=O) groups is 2. The first kappa shape index (κ1) is 26.4. The highest BCUT2D eigenvalue weighted by atomic mass is 79.9. The zero-order valence-corrected chi connectivity index (χ0v) is 24.5. The van der Waals surface area contributed by atoms with Crippen molar-refractivity contribution in [3.63, 3.8) is 0 Å². The van der Waals surface area contributed by atoms with Crippen LogP contribution in [0.1, 0.15) is 48.5 Å². The zero-order valence-electron chi connectivity index (χ0n) is 21.3. The fourth-order valence-electron chi connectivity index (χ4n) is 4.52. The number of amides is 1. The second-order valence-corrected chi connectivity index (χ2v) is 12.2. The van der Waals surface area contributed by atoms with Crippen molar-refractivity contribution < 1.29 is 14.3 Å². The number of ether oxygens (including phenoxy) is 1. The number of halogens is 1. The van der Waals surface area contributed by atoms with E-state index in [9.17, 15) is 9.59 Å². The standard InChI is InChI=1S/C31H26BrNO3S2/c1-4-36-31(35)27-26(21-13-15-22(32)16-14-21)19(3)37-30(27)33-29(34)28-24(17-20-11-9-18(2)10-12-20)23-7-5-6-8-25(23)38-28/h5-16H,4,17H2,1-3H3,(H,33,34). The van der Waals surface area contributed by atoms with Gasteiger partial charge in [0.2, 0.25) is 0 Å². The highest BCUT2D eigenvalue weighted by Crippen LogP contribution is 2.42. The summed E-state index contributed by atoms with van der Waals surface area (Å²) in [7, 11) is 0. The van der Waals surface area contributed by atoms with Gasteiger partial charge in [-0.3, -0.25) is 4.79 Å². The predicted molar refractivity (Wildman–Crippen MR) is 162 cm³/mol. The molecule has 7 heteroatoms. The number of anilines is 1. The van der Waals surface area contributed by atoms with Gasteiger partial charge in [0.1, 0.15) is 10.6 Å². The number of aryl methyl sites for hydroxylation is 2. The largest absolute Gasteiger partial charge is 0.462 e. The van der Waals surface area contributed by atoms with Gasteiger partial charge in [0.05, 0.1) is 11.5 Å². The Morgan fingerprint density at radius 1 is 0.921 bits per heavy atom. The van der Waals surface area contributed by atoms with Gasteiger partial charge in [-0.05, 0) is 67.5 Å². The van der Waals surface area contributed by atoms with Gasteiger partial charge in [0.25, 0.3) is 5.91 Å².